The van der Waals surface area contributed by atoms with Crippen LogP contribution in [0.4, 0.5) is 0 Å². The van der Waals surface area contributed by atoms with E-state index in [9.17, 15) is 5.11 Å². The van der Waals surface area contributed by atoms with E-state index in [2.05, 4.69) is 34.5 Å². The number of aliphatic hydroxyl groups is 1. The van der Waals surface area contributed by atoms with E-state index in [-0.39, 0.29) is 0 Å². The molecule has 1 N–H and O–H groups in total. The predicted molar refractivity (Wildman–Crippen MR) is 86.4 cm³/mol. The maximum atomic E-state index is 9.30. The van der Waals surface area contributed by atoms with Gasteiger partial charge in [-0.2, -0.15) is 0 Å². The van der Waals surface area contributed by atoms with Gasteiger partial charge in [-0.15, -0.1) is 11.3 Å². The van der Waals surface area contributed by atoms with Gasteiger partial charge in [0.2, 0.25) is 0 Å². The molecule has 1 fully saturated rings. The zero-order valence-corrected chi connectivity index (χ0v) is 13.1. The molecule has 3 nitrogen and oxygen atoms in total. The van der Waals surface area contributed by atoms with Gasteiger partial charge in [-0.25, -0.2) is 4.98 Å². The van der Waals surface area contributed by atoms with Crippen LogP contribution in [0.25, 0.3) is 0 Å². The summed E-state index contributed by atoms with van der Waals surface area (Å²) in [5, 5.41) is 12.7. The monoisotopic (exact) mass is 302 g/mol. The van der Waals surface area contributed by atoms with Crippen molar-refractivity contribution in [3.63, 3.8) is 0 Å². The highest BCUT2D eigenvalue weighted by Gasteiger charge is 2.19. The topological polar surface area (TPSA) is 36.4 Å². The average molecular weight is 302 g/mol. The summed E-state index contributed by atoms with van der Waals surface area (Å²) in [6.45, 7) is 3.36. The number of hydrogen-bond acceptors (Lipinski definition) is 4. The van der Waals surface area contributed by atoms with Gasteiger partial charge < -0.3 is 5.11 Å². The number of piperidine rings is 1. The Kier molecular flexibility index (Phi) is 5.01. The SMILES string of the molecule is OCC1CCCN(Cc2csc(Cc3ccccc3)n2)C1. The van der Waals surface area contributed by atoms with Gasteiger partial charge in [0.25, 0.3) is 0 Å². The third-order valence-electron chi connectivity index (χ3n) is 4.04. The van der Waals surface area contributed by atoms with Crippen LogP contribution >= 0.6 is 11.3 Å². The Balaban J connectivity index is 1.57. The Bertz CT molecular complexity index is 555. The molecule has 0 amide bonds. The third-order valence-corrected chi connectivity index (χ3v) is 4.94. The van der Waals surface area contributed by atoms with E-state index in [1.807, 2.05) is 6.07 Å². The molecule has 112 valence electrons. The van der Waals surface area contributed by atoms with Crippen LogP contribution in [-0.2, 0) is 13.0 Å². The summed E-state index contributed by atoms with van der Waals surface area (Å²) >= 11 is 1.75. The van der Waals surface area contributed by atoms with E-state index in [0.717, 1.165) is 32.5 Å². The quantitative estimate of drug-likeness (QED) is 0.922. The molecule has 3 rings (SSSR count). The molecule has 1 saturated heterocycles. The van der Waals surface area contributed by atoms with Crippen molar-refractivity contribution >= 4 is 11.3 Å². The fourth-order valence-electron chi connectivity index (χ4n) is 2.95. The molecule has 2 heterocycles. The summed E-state index contributed by atoms with van der Waals surface area (Å²) < 4.78 is 0. The summed E-state index contributed by atoms with van der Waals surface area (Å²) in [7, 11) is 0. The number of aliphatic hydroxyl groups excluding tert-OH is 1. The summed E-state index contributed by atoms with van der Waals surface area (Å²) in [5.41, 5.74) is 2.49. The number of benzene rings is 1. The minimum Gasteiger partial charge on any atom is -0.396 e. The number of nitrogens with zero attached hydrogens (tertiary/aromatic N) is 2. The highest BCUT2D eigenvalue weighted by atomic mass is 32.1. The average Bonchev–Trinajstić information content (AvgIpc) is 2.95. The van der Waals surface area contributed by atoms with Crippen LogP contribution in [0.1, 0.15) is 29.1 Å². The number of thiazole rings is 1. The van der Waals surface area contributed by atoms with E-state index in [0.29, 0.717) is 12.5 Å². The van der Waals surface area contributed by atoms with Crippen molar-refractivity contribution in [2.45, 2.75) is 25.8 Å². The molecule has 21 heavy (non-hydrogen) atoms. The Morgan fingerprint density at radius 3 is 2.95 bits per heavy atom. The molecule has 0 saturated carbocycles. The fourth-order valence-corrected chi connectivity index (χ4v) is 3.77. The molecular formula is C17H22N2OS. The fraction of sp³-hybridized carbons (Fsp3) is 0.471. The first-order valence-corrected chi connectivity index (χ1v) is 8.52. The molecule has 1 unspecified atom stereocenters. The zero-order valence-electron chi connectivity index (χ0n) is 12.2. The molecular weight excluding hydrogens is 280 g/mol. The zero-order chi connectivity index (χ0) is 14.5. The van der Waals surface area contributed by atoms with Gasteiger partial charge in [0, 0.05) is 31.5 Å². The van der Waals surface area contributed by atoms with Crippen LogP contribution in [-0.4, -0.2) is 34.7 Å². The maximum Gasteiger partial charge on any atom is 0.0972 e. The lowest BCUT2D eigenvalue weighted by atomic mass is 9.99. The van der Waals surface area contributed by atoms with Crippen molar-refractivity contribution < 1.29 is 5.11 Å². The molecule has 1 aliphatic rings. The van der Waals surface area contributed by atoms with Crippen LogP contribution in [0, 0.1) is 5.92 Å². The van der Waals surface area contributed by atoms with Crippen molar-refractivity contribution in [1.29, 1.82) is 0 Å². The van der Waals surface area contributed by atoms with Crippen LogP contribution in [0.2, 0.25) is 0 Å². The Hall–Kier alpha value is -1.23. The lowest BCUT2D eigenvalue weighted by Crippen LogP contribution is -2.36. The second-order valence-electron chi connectivity index (χ2n) is 5.82. The van der Waals surface area contributed by atoms with Crippen molar-refractivity contribution in [3.05, 3.63) is 52.0 Å². The van der Waals surface area contributed by atoms with Crippen molar-refractivity contribution in [1.82, 2.24) is 9.88 Å². The van der Waals surface area contributed by atoms with E-state index in [4.69, 9.17) is 4.98 Å². The first-order valence-electron chi connectivity index (χ1n) is 7.64. The first-order chi connectivity index (χ1) is 10.3. The van der Waals surface area contributed by atoms with Gasteiger partial charge >= 0.3 is 0 Å². The standard InChI is InChI=1S/C17H22N2OS/c20-12-15-7-4-8-19(10-15)11-16-13-21-17(18-16)9-14-5-2-1-3-6-14/h1-3,5-6,13,15,20H,4,7-12H2. The molecule has 0 bridgehead atoms. The minimum absolute atomic E-state index is 0.312. The number of hydrogen-bond donors (Lipinski definition) is 1. The van der Waals surface area contributed by atoms with E-state index in [1.165, 1.54) is 22.7 Å². The minimum atomic E-state index is 0.312. The smallest absolute Gasteiger partial charge is 0.0972 e. The molecule has 1 aromatic heterocycles. The van der Waals surface area contributed by atoms with Gasteiger partial charge in [0.05, 0.1) is 10.7 Å². The lowest BCUT2D eigenvalue weighted by Gasteiger charge is -2.31. The molecule has 1 atom stereocenters. The normalized spacial score (nSPS) is 19.8. The van der Waals surface area contributed by atoms with E-state index >= 15 is 0 Å². The highest BCUT2D eigenvalue weighted by Crippen LogP contribution is 2.20. The van der Waals surface area contributed by atoms with Crippen molar-refractivity contribution in [2.24, 2.45) is 5.92 Å². The second-order valence-corrected chi connectivity index (χ2v) is 6.76. The van der Waals surface area contributed by atoms with Gasteiger partial charge in [0.15, 0.2) is 0 Å². The van der Waals surface area contributed by atoms with Crippen LogP contribution in [0.5, 0.6) is 0 Å². The molecule has 0 spiro atoms. The first kappa shape index (κ1) is 14.7. The van der Waals surface area contributed by atoms with Crippen molar-refractivity contribution in [2.75, 3.05) is 19.7 Å². The molecule has 0 radical (unpaired) electrons. The van der Waals surface area contributed by atoms with E-state index in [1.54, 1.807) is 11.3 Å². The maximum absolute atomic E-state index is 9.30. The van der Waals surface area contributed by atoms with Gasteiger partial charge in [-0.05, 0) is 30.9 Å². The van der Waals surface area contributed by atoms with Gasteiger partial charge in [-0.3, -0.25) is 4.90 Å². The molecule has 0 aliphatic carbocycles. The van der Waals surface area contributed by atoms with Gasteiger partial charge in [0.1, 0.15) is 0 Å². The Morgan fingerprint density at radius 1 is 1.29 bits per heavy atom. The highest BCUT2D eigenvalue weighted by molar-refractivity contribution is 7.09. The summed E-state index contributed by atoms with van der Waals surface area (Å²) in [6, 6.07) is 10.5. The molecule has 2 aromatic rings. The van der Waals surface area contributed by atoms with Crippen LogP contribution < -0.4 is 0 Å². The summed E-state index contributed by atoms with van der Waals surface area (Å²) in [4.78, 5) is 7.19. The predicted octanol–water partition coefficient (Wildman–Crippen LogP) is 2.94. The van der Waals surface area contributed by atoms with E-state index < -0.39 is 0 Å². The van der Waals surface area contributed by atoms with Gasteiger partial charge in [-0.1, -0.05) is 30.3 Å². The van der Waals surface area contributed by atoms with Crippen LogP contribution in [0.3, 0.4) is 0 Å². The molecule has 1 aliphatic heterocycles. The summed E-state index contributed by atoms with van der Waals surface area (Å²) in [6.07, 6.45) is 3.26. The molecule has 4 heteroatoms. The lowest BCUT2D eigenvalue weighted by molar-refractivity contribution is 0.115. The number of rotatable bonds is 5. The third kappa shape index (κ3) is 4.13. The summed E-state index contributed by atoms with van der Waals surface area (Å²) in [5.74, 6) is 0.446. The Morgan fingerprint density at radius 2 is 2.14 bits per heavy atom. The number of likely N-dealkylation sites (tertiary alicyclic amines) is 1. The van der Waals surface area contributed by atoms with Crippen molar-refractivity contribution in [3.8, 4) is 0 Å². The Labute approximate surface area is 130 Å². The number of aromatic nitrogens is 1. The second kappa shape index (κ2) is 7.16. The largest absolute Gasteiger partial charge is 0.396 e. The molecule has 1 aromatic carbocycles. The van der Waals surface area contributed by atoms with Crippen LogP contribution in [0.15, 0.2) is 35.7 Å².